The third-order valence-electron chi connectivity index (χ3n) is 6.80. The first-order chi connectivity index (χ1) is 8.33. The molecule has 0 unspecified atom stereocenters. The monoisotopic (exact) mass is 250 g/mol. The van der Waals surface area contributed by atoms with E-state index in [1.807, 2.05) is 0 Å². The van der Waals surface area contributed by atoms with Gasteiger partial charge in [-0.3, -0.25) is 4.79 Å². The Morgan fingerprint density at radius 3 is 2.67 bits per heavy atom. The van der Waals surface area contributed by atoms with E-state index in [-0.39, 0.29) is 17.3 Å². The largest absolute Gasteiger partial charge is 0.433 e. The van der Waals surface area contributed by atoms with E-state index in [4.69, 9.17) is 4.74 Å². The summed E-state index contributed by atoms with van der Waals surface area (Å²) in [5.41, 5.74) is 0.0743. The molecule has 5 bridgehead atoms. The maximum Gasteiger partial charge on any atom is 0.315 e. The third kappa shape index (κ3) is 0.910. The van der Waals surface area contributed by atoms with Crippen molar-refractivity contribution in [2.75, 3.05) is 0 Å². The van der Waals surface area contributed by atoms with E-state index in [9.17, 15) is 9.90 Å². The van der Waals surface area contributed by atoms with Gasteiger partial charge in [0.2, 0.25) is 5.79 Å². The van der Waals surface area contributed by atoms with Crippen LogP contribution in [0.5, 0.6) is 0 Å². The van der Waals surface area contributed by atoms with Gasteiger partial charge in [-0.25, -0.2) is 0 Å². The van der Waals surface area contributed by atoms with Crippen LogP contribution < -0.4 is 0 Å². The van der Waals surface area contributed by atoms with Crippen molar-refractivity contribution in [3.05, 3.63) is 0 Å². The molecule has 3 aliphatic carbocycles. The van der Waals surface area contributed by atoms with Gasteiger partial charge in [-0.15, -0.1) is 0 Å². The van der Waals surface area contributed by atoms with Crippen LogP contribution in [0.4, 0.5) is 0 Å². The highest BCUT2D eigenvalue weighted by Crippen LogP contribution is 2.78. The lowest BCUT2D eigenvalue weighted by molar-refractivity contribution is -0.382. The van der Waals surface area contributed by atoms with Crippen LogP contribution in [0.3, 0.4) is 0 Å². The summed E-state index contributed by atoms with van der Waals surface area (Å²) in [5, 5.41) is 10.5. The Kier molecular flexibility index (Phi) is 1.75. The van der Waals surface area contributed by atoms with Gasteiger partial charge in [0.05, 0.1) is 5.41 Å². The summed E-state index contributed by atoms with van der Waals surface area (Å²) in [6, 6.07) is 0. The first kappa shape index (κ1) is 11.3. The van der Waals surface area contributed by atoms with E-state index < -0.39 is 5.79 Å². The van der Waals surface area contributed by atoms with Crippen molar-refractivity contribution in [3.8, 4) is 0 Å². The predicted molar refractivity (Wildman–Crippen MR) is 65.4 cm³/mol. The smallest absolute Gasteiger partial charge is 0.315 e. The highest BCUT2D eigenvalue weighted by Gasteiger charge is 2.81. The Morgan fingerprint density at radius 1 is 1.28 bits per heavy atom. The summed E-state index contributed by atoms with van der Waals surface area (Å²) < 4.78 is 5.40. The van der Waals surface area contributed by atoms with Gasteiger partial charge in [0.25, 0.3) is 0 Å². The van der Waals surface area contributed by atoms with E-state index in [1.165, 1.54) is 6.42 Å². The molecule has 3 saturated carbocycles. The standard InChI is InChI=1S/C15H22O3/c1-8-10-11-9-7-15(8,17)18-12(16)14(9,10)6-4-5-13(11,2)3/h8-11,17H,4-7H2,1-3H3/t8-,9-,10+,11-,14-,15+/m0/s1. The zero-order valence-corrected chi connectivity index (χ0v) is 11.4. The normalized spacial score (nSPS) is 59.7. The molecule has 1 spiro atoms. The Balaban J connectivity index is 1.87. The first-order valence-corrected chi connectivity index (χ1v) is 7.29. The summed E-state index contributed by atoms with van der Waals surface area (Å²) >= 11 is 0. The molecule has 3 heteroatoms. The van der Waals surface area contributed by atoms with Crippen LogP contribution in [0.1, 0.15) is 46.5 Å². The van der Waals surface area contributed by atoms with Crippen molar-refractivity contribution in [3.63, 3.8) is 0 Å². The molecule has 0 amide bonds. The molecule has 3 nitrogen and oxygen atoms in total. The number of fused-ring (bicyclic) bond motifs is 1. The number of hydrogen-bond donors (Lipinski definition) is 1. The van der Waals surface area contributed by atoms with Crippen molar-refractivity contribution >= 4 is 5.97 Å². The fraction of sp³-hybridized carbons (Fsp3) is 0.933. The van der Waals surface area contributed by atoms with E-state index in [0.717, 1.165) is 12.8 Å². The summed E-state index contributed by atoms with van der Waals surface area (Å²) in [5.74, 6) is 0.150. The summed E-state index contributed by atoms with van der Waals surface area (Å²) in [4.78, 5) is 12.4. The van der Waals surface area contributed by atoms with Gasteiger partial charge in [0.15, 0.2) is 0 Å². The van der Waals surface area contributed by atoms with E-state index in [2.05, 4.69) is 20.8 Å². The van der Waals surface area contributed by atoms with E-state index in [1.54, 1.807) is 0 Å². The average Bonchev–Trinajstić information content (AvgIpc) is 2.43. The number of esters is 1. The van der Waals surface area contributed by atoms with E-state index >= 15 is 0 Å². The quantitative estimate of drug-likeness (QED) is 0.671. The molecular formula is C15H22O3. The molecule has 0 aromatic rings. The highest BCUT2D eigenvalue weighted by molar-refractivity contribution is 5.82. The van der Waals surface area contributed by atoms with Crippen molar-refractivity contribution in [2.45, 2.75) is 52.2 Å². The molecule has 1 N–H and O–H groups in total. The van der Waals surface area contributed by atoms with Gasteiger partial charge in [-0.05, 0) is 36.0 Å². The molecule has 5 fully saturated rings. The number of hydrogen-bond acceptors (Lipinski definition) is 3. The maximum atomic E-state index is 12.4. The molecule has 0 aromatic carbocycles. The molecule has 2 saturated heterocycles. The highest BCUT2D eigenvalue weighted by atomic mass is 16.7. The topological polar surface area (TPSA) is 46.5 Å². The van der Waals surface area contributed by atoms with Gasteiger partial charge in [0.1, 0.15) is 0 Å². The molecule has 5 rings (SSSR count). The lowest BCUT2D eigenvalue weighted by Gasteiger charge is -2.74. The molecule has 100 valence electrons. The maximum absolute atomic E-state index is 12.4. The zero-order chi connectivity index (χ0) is 12.9. The van der Waals surface area contributed by atoms with Gasteiger partial charge in [-0.1, -0.05) is 27.2 Å². The zero-order valence-electron chi connectivity index (χ0n) is 11.4. The molecule has 6 atom stereocenters. The van der Waals surface area contributed by atoms with Crippen LogP contribution >= 0.6 is 0 Å². The lowest BCUT2D eigenvalue weighted by Crippen LogP contribution is -2.78. The number of carbonyl (C=O) groups excluding carboxylic acids is 1. The Bertz CT molecular complexity index is 443. The fourth-order valence-corrected chi connectivity index (χ4v) is 6.03. The van der Waals surface area contributed by atoms with Crippen LogP contribution in [0.25, 0.3) is 0 Å². The van der Waals surface area contributed by atoms with Gasteiger partial charge < -0.3 is 9.84 Å². The Morgan fingerprint density at radius 2 is 2.00 bits per heavy atom. The Hall–Kier alpha value is -0.570. The number of carbonyl (C=O) groups is 1. The van der Waals surface area contributed by atoms with Crippen molar-refractivity contribution < 1.29 is 14.6 Å². The summed E-state index contributed by atoms with van der Waals surface area (Å²) in [7, 11) is 0. The Labute approximate surface area is 108 Å². The second-order valence-electron chi connectivity index (χ2n) is 7.77. The fourth-order valence-electron chi connectivity index (χ4n) is 6.03. The number of ether oxygens (including phenoxy) is 1. The van der Waals surface area contributed by atoms with Gasteiger partial charge in [-0.2, -0.15) is 0 Å². The average molecular weight is 250 g/mol. The SMILES string of the molecule is C[C@H]1[C@@H]2[C@@H]3[C@@H]4C[C@@]1(O)OC(=O)[C@]24CCCC3(C)C. The summed E-state index contributed by atoms with van der Waals surface area (Å²) in [6.45, 7) is 6.77. The minimum Gasteiger partial charge on any atom is -0.433 e. The third-order valence-corrected chi connectivity index (χ3v) is 6.80. The van der Waals surface area contributed by atoms with Crippen molar-refractivity contribution in [1.82, 2.24) is 0 Å². The molecule has 2 aliphatic heterocycles. The number of aliphatic hydroxyl groups is 1. The van der Waals surface area contributed by atoms with Gasteiger partial charge in [0, 0.05) is 12.3 Å². The second-order valence-corrected chi connectivity index (χ2v) is 7.77. The molecule has 0 aromatic heterocycles. The van der Waals surface area contributed by atoms with Crippen LogP contribution in [-0.4, -0.2) is 16.9 Å². The van der Waals surface area contributed by atoms with Crippen LogP contribution in [0.15, 0.2) is 0 Å². The summed E-state index contributed by atoms with van der Waals surface area (Å²) in [6.07, 6.45) is 3.97. The van der Waals surface area contributed by atoms with E-state index in [0.29, 0.717) is 29.6 Å². The molecule has 0 radical (unpaired) electrons. The number of rotatable bonds is 0. The molecule has 2 heterocycles. The first-order valence-electron chi connectivity index (χ1n) is 7.29. The van der Waals surface area contributed by atoms with Crippen LogP contribution in [-0.2, 0) is 9.53 Å². The van der Waals surface area contributed by atoms with Crippen LogP contribution in [0, 0.1) is 34.5 Å². The predicted octanol–water partition coefficient (Wildman–Crippen LogP) is 2.33. The second kappa shape index (κ2) is 2.79. The molecule has 5 aliphatic rings. The minimum atomic E-state index is -1.16. The molecule has 18 heavy (non-hydrogen) atoms. The van der Waals surface area contributed by atoms with Crippen molar-refractivity contribution in [2.24, 2.45) is 34.5 Å². The van der Waals surface area contributed by atoms with Crippen LogP contribution in [0.2, 0.25) is 0 Å². The molecular weight excluding hydrogens is 228 g/mol. The van der Waals surface area contributed by atoms with Crippen molar-refractivity contribution in [1.29, 1.82) is 0 Å². The van der Waals surface area contributed by atoms with Gasteiger partial charge >= 0.3 is 5.97 Å². The lowest BCUT2D eigenvalue weighted by atomic mass is 9.33. The minimum absolute atomic E-state index is 0.0988.